The number of hydrogen-bond donors (Lipinski definition) is 2. The van der Waals surface area contributed by atoms with Crippen molar-refractivity contribution in [2.75, 3.05) is 44.1 Å². The summed E-state index contributed by atoms with van der Waals surface area (Å²) in [5.74, 6) is 1.66. The summed E-state index contributed by atoms with van der Waals surface area (Å²) in [5, 5.41) is 13.6. The van der Waals surface area contributed by atoms with Gasteiger partial charge in [0, 0.05) is 52.3 Å². The molecule has 1 aliphatic heterocycles. The fraction of sp³-hybridized carbons (Fsp3) is 0.692. The van der Waals surface area contributed by atoms with E-state index in [1.54, 1.807) is 6.33 Å². The van der Waals surface area contributed by atoms with E-state index in [1.807, 2.05) is 25.9 Å². The Morgan fingerprint density at radius 1 is 1.42 bits per heavy atom. The van der Waals surface area contributed by atoms with Gasteiger partial charge in [0.2, 0.25) is 0 Å². The highest BCUT2D eigenvalue weighted by molar-refractivity contribution is 5.57. The fourth-order valence-corrected chi connectivity index (χ4v) is 2.50. The van der Waals surface area contributed by atoms with Gasteiger partial charge in [-0.05, 0) is 6.92 Å². The van der Waals surface area contributed by atoms with Crippen LogP contribution < -0.4 is 10.2 Å². The molecular formula is C13H22N4O2. The van der Waals surface area contributed by atoms with Crippen LogP contribution >= 0.6 is 0 Å². The van der Waals surface area contributed by atoms with Gasteiger partial charge in [-0.2, -0.15) is 0 Å². The van der Waals surface area contributed by atoms with Crippen LogP contribution in [0.25, 0.3) is 0 Å². The first-order valence-electron chi connectivity index (χ1n) is 6.56. The van der Waals surface area contributed by atoms with Crippen LogP contribution in [-0.4, -0.2) is 54.5 Å². The van der Waals surface area contributed by atoms with E-state index in [9.17, 15) is 5.11 Å². The molecule has 1 aliphatic rings. The summed E-state index contributed by atoms with van der Waals surface area (Å²) >= 11 is 0. The Morgan fingerprint density at radius 3 is 2.74 bits per heavy atom. The summed E-state index contributed by atoms with van der Waals surface area (Å²) in [6, 6.07) is 0. The molecule has 0 bridgehead atoms. The van der Waals surface area contributed by atoms with E-state index in [1.165, 1.54) is 0 Å². The Morgan fingerprint density at radius 2 is 2.11 bits per heavy atom. The highest BCUT2D eigenvalue weighted by Crippen LogP contribution is 2.26. The van der Waals surface area contributed by atoms with Crippen LogP contribution in [0.4, 0.5) is 11.6 Å². The molecule has 0 radical (unpaired) electrons. The molecule has 1 fully saturated rings. The molecule has 2 heterocycles. The van der Waals surface area contributed by atoms with Gasteiger partial charge in [-0.1, -0.05) is 0 Å². The van der Waals surface area contributed by atoms with Crippen molar-refractivity contribution < 1.29 is 9.84 Å². The third kappa shape index (κ3) is 3.13. The van der Waals surface area contributed by atoms with Crippen LogP contribution in [-0.2, 0) is 4.74 Å². The van der Waals surface area contributed by atoms with Crippen LogP contribution in [0.1, 0.15) is 18.4 Å². The van der Waals surface area contributed by atoms with E-state index in [0.29, 0.717) is 32.6 Å². The standard InChI is InChI=1S/C13H22N4O2/c1-10-11(14-2)15-9-16-12(10)17(3)8-13(18)4-6-19-7-5-13/h9,18H,4-8H2,1-3H3,(H,14,15,16). The monoisotopic (exact) mass is 266 g/mol. The number of nitrogens with zero attached hydrogens (tertiary/aromatic N) is 3. The van der Waals surface area contributed by atoms with Crippen molar-refractivity contribution in [3.05, 3.63) is 11.9 Å². The maximum Gasteiger partial charge on any atom is 0.136 e. The quantitative estimate of drug-likeness (QED) is 0.840. The van der Waals surface area contributed by atoms with Gasteiger partial charge in [0.15, 0.2) is 0 Å². The lowest BCUT2D eigenvalue weighted by molar-refractivity contribution is -0.0573. The minimum absolute atomic E-state index is 0.553. The number of hydrogen-bond acceptors (Lipinski definition) is 6. The Kier molecular flexibility index (Phi) is 4.21. The van der Waals surface area contributed by atoms with Crippen LogP contribution in [0.5, 0.6) is 0 Å². The minimum Gasteiger partial charge on any atom is -0.388 e. The molecule has 2 N–H and O–H groups in total. The maximum absolute atomic E-state index is 10.5. The van der Waals surface area contributed by atoms with Crippen LogP contribution in [0.2, 0.25) is 0 Å². The van der Waals surface area contributed by atoms with Gasteiger partial charge in [0.25, 0.3) is 0 Å². The predicted molar refractivity (Wildman–Crippen MR) is 74.6 cm³/mol. The zero-order valence-electron chi connectivity index (χ0n) is 11.8. The average Bonchev–Trinajstić information content (AvgIpc) is 2.39. The summed E-state index contributed by atoms with van der Waals surface area (Å²) in [7, 11) is 3.79. The van der Waals surface area contributed by atoms with Gasteiger partial charge in [-0.25, -0.2) is 9.97 Å². The molecule has 1 aromatic heterocycles. The zero-order valence-corrected chi connectivity index (χ0v) is 11.8. The third-order valence-electron chi connectivity index (χ3n) is 3.61. The van der Waals surface area contributed by atoms with Crippen molar-refractivity contribution in [1.29, 1.82) is 0 Å². The van der Waals surface area contributed by atoms with Gasteiger partial charge < -0.3 is 20.1 Å². The second-order valence-electron chi connectivity index (χ2n) is 5.11. The van der Waals surface area contributed by atoms with E-state index >= 15 is 0 Å². The van der Waals surface area contributed by atoms with Gasteiger partial charge in [-0.3, -0.25) is 0 Å². The summed E-state index contributed by atoms with van der Waals surface area (Å²) < 4.78 is 5.30. The molecule has 0 atom stereocenters. The first-order valence-corrected chi connectivity index (χ1v) is 6.56. The molecule has 6 nitrogen and oxygen atoms in total. The first-order chi connectivity index (χ1) is 9.06. The molecule has 0 aromatic carbocycles. The van der Waals surface area contributed by atoms with Crippen molar-refractivity contribution in [3.63, 3.8) is 0 Å². The lowest BCUT2D eigenvalue weighted by Crippen LogP contribution is -2.46. The highest BCUT2D eigenvalue weighted by atomic mass is 16.5. The largest absolute Gasteiger partial charge is 0.388 e. The Hall–Kier alpha value is -1.40. The number of aliphatic hydroxyl groups is 1. The van der Waals surface area contributed by atoms with Crippen molar-refractivity contribution in [2.24, 2.45) is 0 Å². The number of rotatable bonds is 4. The van der Waals surface area contributed by atoms with Crippen LogP contribution in [0.3, 0.4) is 0 Å². The van der Waals surface area contributed by atoms with Gasteiger partial charge in [0.05, 0.1) is 5.60 Å². The van der Waals surface area contributed by atoms with Gasteiger partial charge >= 0.3 is 0 Å². The molecule has 6 heteroatoms. The predicted octanol–water partition coefficient (Wildman–Crippen LogP) is 0.804. The van der Waals surface area contributed by atoms with Crippen molar-refractivity contribution in [3.8, 4) is 0 Å². The van der Waals surface area contributed by atoms with E-state index in [0.717, 1.165) is 17.2 Å². The Balaban J connectivity index is 2.13. The highest BCUT2D eigenvalue weighted by Gasteiger charge is 2.31. The van der Waals surface area contributed by atoms with E-state index in [2.05, 4.69) is 15.3 Å². The molecular weight excluding hydrogens is 244 g/mol. The number of anilines is 2. The first kappa shape index (κ1) is 14.0. The number of ether oxygens (including phenoxy) is 1. The van der Waals surface area contributed by atoms with Crippen molar-refractivity contribution in [2.45, 2.75) is 25.4 Å². The molecule has 0 amide bonds. The topological polar surface area (TPSA) is 70.5 Å². The smallest absolute Gasteiger partial charge is 0.136 e. The molecule has 0 spiro atoms. The summed E-state index contributed by atoms with van der Waals surface area (Å²) in [4.78, 5) is 10.5. The van der Waals surface area contributed by atoms with E-state index in [-0.39, 0.29) is 0 Å². The van der Waals surface area contributed by atoms with Crippen LogP contribution in [0.15, 0.2) is 6.33 Å². The molecule has 106 valence electrons. The van der Waals surface area contributed by atoms with Crippen molar-refractivity contribution in [1.82, 2.24) is 9.97 Å². The summed E-state index contributed by atoms with van der Waals surface area (Å²) in [5.41, 5.74) is 0.299. The zero-order chi connectivity index (χ0) is 13.9. The average molecular weight is 266 g/mol. The molecule has 1 aromatic rings. The van der Waals surface area contributed by atoms with Crippen LogP contribution in [0, 0.1) is 6.92 Å². The second kappa shape index (κ2) is 5.71. The number of nitrogens with one attached hydrogen (secondary N) is 1. The molecule has 0 unspecified atom stereocenters. The third-order valence-corrected chi connectivity index (χ3v) is 3.61. The molecule has 2 rings (SSSR count). The summed E-state index contributed by atoms with van der Waals surface area (Å²) in [6.45, 7) is 3.77. The lowest BCUT2D eigenvalue weighted by atomic mass is 9.94. The molecule has 1 saturated heterocycles. The number of aromatic nitrogens is 2. The maximum atomic E-state index is 10.5. The Bertz CT molecular complexity index is 433. The number of likely N-dealkylation sites (N-methyl/N-ethyl adjacent to an activating group) is 1. The normalized spacial score (nSPS) is 18.1. The fourth-order valence-electron chi connectivity index (χ4n) is 2.50. The molecule has 19 heavy (non-hydrogen) atoms. The van der Waals surface area contributed by atoms with Gasteiger partial charge in [0.1, 0.15) is 18.0 Å². The van der Waals surface area contributed by atoms with E-state index < -0.39 is 5.60 Å². The van der Waals surface area contributed by atoms with Gasteiger partial charge in [-0.15, -0.1) is 0 Å². The molecule has 0 aliphatic carbocycles. The molecule has 0 saturated carbocycles. The van der Waals surface area contributed by atoms with Crippen molar-refractivity contribution >= 4 is 11.6 Å². The Labute approximate surface area is 113 Å². The minimum atomic E-state index is -0.690. The van der Waals surface area contributed by atoms with E-state index in [4.69, 9.17) is 4.74 Å². The SMILES string of the molecule is CNc1ncnc(N(C)CC2(O)CCOCC2)c1C. The second-order valence-corrected chi connectivity index (χ2v) is 5.11. The summed E-state index contributed by atoms with van der Waals surface area (Å²) in [6.07, 6.45) is 2.87. The lowest BCUT2D eigenvalue weighted by Gasteiger charge is -2.36.